The lowest BCUT2D eigenvalue weighted by atomic mass is 10.2. The maximum absolute atomic E-state index is 11.9. The van der Waals surface area contributed by atoms with E-state index in [-0.39, 0.29) is 19.0 Å². The minimum atomic E-state index is -0.622. The molecular formula is C18H17BrO5S. The van der Waals surface area contributed by atoms with Crippen LogP contribution in [0, 0.1) is 0 Å². The second kappa shape index (κ2) is 9.39. The smallest absolute Gasteiger partial charge is 0.344 e. The zero-order valence-corrected chi connectivity index (χ0v) is 16.2. The number of thiophene rings is 1. The summed E-state index contributed by atoms with van der Waals surface area (Å²) in [5.74, 6) is 0.0741. The van der Waals surface area contributed by atoms with Crippen molar-refractivity contribution >= 4 is 45.1 Å². The summed E-state index contributed by atoms with van der Waals surface area (Å²) in [6.07, 6.45) is 3.84. The van der Waals surface area contributed by atoms with Crippen molar-refractivity contribution in [2.45, 2.75) is 6.92 Å². The van der Waals surface area contributed by atoms with Crippen LogP contribution in [0.2, 0.25) is 0 Å². The highest BCUT2D eigenvalue weighted by atomic mass is 79.9. The highest BCUT2D eigenvalue weighted by Gasteiger charge is 2.13. The lowest BCUT2D eigenvalue weighted by molar-refractivity contribution is -0.144. The number of carbonyl (C=O) groups excluding carboxylic acids is 2. The molecule has 132 valence electrons. The number of hydrogen-bond donors (Lipinski definition) is 0. The van der Waals surface area contributed by atoms with E-state index in [1.165, 1.54) is 18.4 Å². The van der Waals surface area contributed by atoms with Crippen LogP contribution in [0.15, 0.2) is 40.2 Å². The monoisotopic (exact) mass is 424 g/mol. The van der Waals surface area contributed by atoms with Gasteiger partial charge in [0.25, 0.3) is 0 Å². The predicted molar refractivity (Wildman–Crippen MR) is 101 cm³/mol. The fraction of sp³-hybridized carbons (Fsp3) is 0.222. The molecule has 0 amide bonds. The Morgan fingerprint density at radius 3 is 2.60 bits per heavy atom. The third kappa shape index (κ3) is 5.72. The Labute approximate surface area is 158 Å². The third-order valence-corrected chi connectivity index (χ3v) is 4.77. The van der Waals surface area contributed by atoms with Crippen molar-refractivity contribution in [1.82, 2.24) is 0 Å². The molecule has 0 aliphatic carbocycles. The van der Waals surface area contributed by atoms with Crippen LogP contribution in [-0.2, 0) is 9.53 Å². The zero-order chi connectivity index (χ0) is 18.2. The van der Waals surface area contributed by atoms with Crippen molar-refractivity contribution in [3.05, 3.63) is 50.6 Å². The van der Waals surface area contributed by atoms with Gasteiger partial charge in [-0.15, -0.1) is 11.3 Å². The van der Waals surface area contributed by atoms with Crippen LogP contribution in [-0.4, -0.2) is 32.1 Å². The summed E-state index contributed by atoms with van der Waals surface area (Å²) in [7, 11) is 1.53. The van der Waals surface area contributed by atoms with Crippen LogP contribution in [0.5, 0.6) is 11.5 Å². The number of Topliss-reactive ketones (excluding diaryl/α,β-unsaturated/α-hetero) is 1. The highest BCUT2D eigenvalue weighted by molar-refractivity contribution is 9.11. The molecule has 0 bridgehead atoms. The van der Waals surface area contributed by atoms with E-state index in [1.807, 2.05) is 25.1 Å². The summed E-state index contributed by atoms with van der Waals surface area (Å²) in [4.78, 5) is 24.2. The first-order valence-corrected chi connectivity index (χ1v) is 9.02. The van der Waals surface area contributed by atoms with Crippen molar-refractivity contribution in [3.8, 4) is 11.5 Å². The van der Waals surface area contributed by atoms with Gasteiger partial charge in [-0.05, 0) is 52.7 Å². The van der Waals surface area contributed by atoms with Gasteiger partial charge < -0.3 is 14.2 Å². The molecule has 0 spiro atoms. The number of halogens is 1. The minimum absolute atomic E-state index is 0.252. The number of methoxy groups -OCH3 is 1. The van der Waals surface area contributed by atoms with Gasteiger partial charge in [-0.2, -0.15) is 0 Å². The molecule has 1 heterocycles. The SMILES string of the molecule is C/C=C/c1ccc(OCC(=O)OCC(=O)c2ccc(Br)s2)c(OC)c1. The number of esters is 1. The van der Waals surface area contributed by atoms with Gasteiger partial charge in [-0.1, -0.05) is 18.2 Å². The molecule has 0 atom stereocenters. The first-order valence-electron chi connectivity index (χ1n) is 7.41. The Morgan fingerprint density at radius 2 is 1.96 bits per heavy atom. The van der Waals surface area contributed by atoms with Gasteiger partial charge >= 0.3 is 5.97 Å². The van der Waals surface area contributed by atoms with Gasteiger partial charge in [0, 0.05) is 0 Å². The minimum Gasteiger partial charge on any atom is -0.493 e. The number of allylic oxidation sites excluding steroid dienone is 1. The molecule has 25 heavy (non-hydrogen) atoms. The molecule has 0 saturated heterocycles. The number of ketones is 1. The van der Waals surface area contributed by atoms with Crippen LogP contribution < -0.4 is 9.47 Å². The van der Waals surface area contributed by atoms with E-state index < -0.39 is 5.97 Å². The predicted octanol–water partition coefficient (Wildman–Crippen LogP) is 4.36. The van der Waals surface area contributed by atoms with Crippen LogP contribution in [0.25, 0.3) is 6.08 Å². The quantitative estimate of drug-likeness (QED) is 0.465. The summed E-state index contributed by atoms with van der Waals surface area (Å²) in [6, 6.07) is 8.82. The van der Waals surface area contributed by atoms with Crippen LogP contribution in [0.3, 0.4) is 0 Å². The average molecular weight is 425 g/mol. The molecule has 1 aromatic carbocycles. The molecule has 0 radical (unpaired) electrons. The van der Waals surface area contributed by atoms with Crippen LogP contribution >= 0.6 is 27.3 Å². The van der Waals surface area contributed by atoms with E-state index in [1.54, 1.807) is 24.3 Å². The fourth-order valence-corrected chi connectivity index (χ4v) is 3.27. The van der Waals surface area contributed by atoms with Crippen molar-refractivity contribution in [2.75, 3.05) is 20.3 Å². The summed E-state index contributed by atoms with van der Waals surface area (Å²) in [5, 5.41) is 0. The van der Waals surface area contributed by atoms with E-state index in [2.05, 4.69) is 15.9 Å². The van der Waals surface area contributed by atoms with E-state index in [0.29, 0.717) is 16.4 Å². The average Bonchev–Trinajstić information content (AvgIpc) is 3.05. The molecule has 0 N–H and O–H groups in total. The number of rotatable bonds is 8. The van der Waals surface area contributed by atoms with Crippen molar-refractivity contribution in [3.63, 3.8) is 0 Å². The second-order valence-corrected chi connectivity index (χ2v) is 7.35. The summed E-state index contributed by atoms with van der Waals surface area (Å²) in [5.41, 5.74) is 0.960. The van der Waals surface area contributed by atoms with Gasteiger partial charge in [0.2, 0.25) is 5.78 Å². The van der Waals surface area contributed by atoms with Gasteiger partial charge in [-0.25, -0.2) is 4.79 Å². The largest absolute Gasteiger partial charge is 0.493 e. The summed E-state index contributed by atoms with van der Waals surface area (Å²) >= 11 is 4.57. The zero-order valence-electron chi connectivity index (χ0n) is 13.8. The van der Waals surface area contributed by atoms with E-state index in [0.717, 1.165) is 9.35 Å². The molecule has 7 heteroatoms. The van der Waals surface area contributed by atoms with E-state index >= 15 is 0 Å². The molecular weight excluding hydrogens is 408 g/mol. The van der Waals surface area contributed by atoms with Gasteiger partial charge in [-0.3, -0.25) is 4.79 Å². The lowest BCUT2D eigenvalue weighted by Gasteiger charge is -2.11. The van der Waals surface area contributed by atoms with Gasteiger partial charge in [0.05, 0.1) is 15.8 Å². The molecule has 0 aliphatic rings. The molecule has 5 nitrogen and oxygen atoms in total. The topological polar surface area (TPSA) is 61.8 Å². The van der Waals surface area contributed by atoms with Crippen molar-refractivity contribution < 1.29 is 23.8 Å². The Morgan fingerprint density at radius 1 is 1.16 bits per heavy atom. The van der Waals surface area contributed by atoms with Crippen LogP contribution in [0.4, 0.5) is 0 Å². The fourth-order valence-electron chi connectivity index (χ4n) is 1.96. The lowest BCUT2D eigenvalue weighted by Crippen LogP contribution is -2.19. The Hall–Kier alpha value is -2.12. The maximum atomic E-state index is 11.9. The first-order chi connectivity index (χ1) is 12.0. The molecule has 1 aromatic heterocycles. The number of hydrogen-bond acceptors (Lipinski definition) is 6. The second-order valence-electron chi connectivity index (χ2n) is 4.89. The standard InChI is InChI=1S/C18H17BrO5S/c1-3-4-12-5-6-14(15(9-12)22-2)23-11-18(21)24-10-13(20)16-7-8-17(19)25-16/h3-9H,10-11H2,1-2H3/b4-3+. The maximum Gasteiger partial charge on any atom is 0.344 e. The molecule has 0 aliphatic heterocycles. The normalized spacial score (nSPS) is 10.7. The summed E-state index contributed by atoms with van der Waals surface area (Å²) < 4.78 is 16.5. The van der Waals surface area contributed by atoms with Gasteiger partial charge in [0.15, 0.2) is 24.7 Å². The molecule has 0 saturated carbocycles. The first kappa shape index (κ1) is 19.2. The Balaban J connectivity index is 1.86. The highest BCUT2D eigenvalue weighted by Crippen LogP contribution is 2.28. The van der Waals surface area contributed by atoms with Crippen molar-refractivity contribution in [2.24, 2.45) is 0 Å². The molecule has 2 aromatic rings. The van der Waals surface area contributed by atoms with Crippen LogP contribution in [0.1, 0.15) is 22.2 Å². The molecule has 0 fully saturated rings. The number of benzene rings is 1. The van der Waals surface area contributed by atoms with E-state index in [4.69, 9.17) is 14.2 Å². The molecule has 0 unspecified atom stereocenters. The third-order valence-electron chi connectivity index (χ3n) is 3.10. The van der Waals surface area contributed by atoms with E-state index in [9.17, 15) is 9.59 Å². The van der Waals surface area contributed by atoms with Crippen molar-refractivity contribution in [1.29, 1.82) is 0 Å². The number of ether oxygens (including phenoxy) is 3. The van der Waals surface area contributed by atoms with Gasteiger partial charge in [0.1, 0.15) is 0 Å². The molecule has 2 rings (SSSR count). The number of carbonyl (C=O) groups is 2. The Kier molecular flexibility index (Phi) is 7.21. The Bertz CT molecular complexity index is 782. The summed E-state index contributed by atoms with van der Waals surface area (Å²) in [6.45, 7) is 1.30.